The Bertz CT molecular complexity index is 351. The monoisotopic (exact) mass is 302 g/mol. The molecule has 0 aliphatic carbocycles. The lowest BCUT2D eigenvalue weighted by atomic mass is 9.89. The minimum atomic E-state index is -0.887. The van der Waals surface area contributed by atoms with Gasteiger partial charge in [0.2, 0.25) is 0 Å². The fourth-order valence-electron chi connectivity index (χ4n) is 2.62. The van der Waals surface area contributed by atoms with Gasteiger partial charge in [0.05, 0.1) is 0 Å². The Labute approximate surface area is 125 Å². The van der Waals surface area contributed by atoms with E-state index in [1.807, 2.05) is 13.2 Å². The number of carboxylic acids is 1. The molecule has 0 aromatic rings. The molecule has 116 valence electrons. The van der Waals surface area contributed by atoms with Gasteiger partial charge in [-0.05, 0) is 31.9 Å². The summed E-state index contributed by atoms with van der Waals surface area (Å²) in [7, 11) is 1.76. The van der Waals surface area contributed by atoms with Gasteiger partial charge in [-0.1, -0.05) is 13.3 Å². The number of aliphatic carboxylic acids is 1. The second-order valence-corrected chi connectivity index (χ2v) is 6.45. The molecule has 1 rings (SSSR count). The van der Waals surface area contributed by atoms with E-state index < -0.39 is 12.0 Å². The van der Waals surface area contributed by atoms with Crippen LogP contribution in [0, 0.1) is 5.92 Å². The minimum absolute atomic E-state index is 0.107. The van der Waals surface area contributed by atoms with Crippen molar-refractivity contribution in [3.8, 4) is 0 Å². The van der Waals surface area contributed by atoms with Crippen LogP contribution in [0.5, 0.6) is 0 Å². The van der Waals surface area contributed by atoms with Crippen molar-refractivity contribution in [3.05, 3.63) is 0 Å². The molecule has 0 radical (unpaired) electrons. The Balaban J connectivity index is 2.76. The zero-order valence-corrected chi connectivity index (χ0v) is 13.7. The van der Waals surface area contributed by atoms with E-state index in [1.165, 1.54) is 4.90 Å². The Morgan fingerprint density at radius 2 is 2.15 bits per heavy atom. The van der Waals surface area contributed by atoms with Gasteiger partial charge in [-0.15, -0.1) is 0 Å². The van der Waals surface area contributed by atoms with Gasteiger partial charge in [-0.25, -0.2) is 9.59 Å². The molecule has 1 N–H and O–H groups in total. The number of rotatable bonds is 5. The van der Waals surface area contributed by atoms with Crippen molar-refractivity contribution in [2.45, 2.75) is 45.2 Å². The van der Waals surface area contributed by atoms with Crippen molar-refractivity contribution in [2.24, 2.45) is 5.92 Å². The molecule has 1 saturated heterocycles. The highest BCUT2D eigenvalue weighted by Crippen LogP contribution is 2.26. The number of piperidine rings is 1. The summed E-state index contributed by atoms with van der Waals surface area (Å²) in [5, 5.41) is 9.38. The van der Waals surface area contributed by atoms with Crippen LogP contribution in [0.4, 0.5) is 4.79 Å². The van der Waals surface area contributed by atoms with E-state index in [2.05, 4.69) is 6.92 Å². The van der Waals surface area contributed by atoms with Gasteiger partial charge in [0.1, 0.15) is 6.04 Å². The third kappa shape index (κ3) is 4.04. The number of carboxylic acid groups (broad SMARTS) is 1. The lowest BCUT2D eigenvalue weighted by Gasteiger charge is -2.40. The normalized spacial score (nSPS) is 24.3. The van der Waals surface area contributed by atoms with Crippen LogP contribution in [0.3, 0.4) is 0 Å². The third-order valence-corrected chi connectivity index (χ3v) is 5.01. The number of likely N-dealkylation sites (tertiary alicyclic amines) is 1. The molecule has 0 bridgehead atoms. The van der Waals surface area contributed by atoms with Gasteiger partial charge < -0.3 is 14.9 Å². The molecule has 5 nitrogen and oxygen atoms in total. The first-order valence-electron chi connectivity index (χ1n) is 7.17. The maximum absolute atomic E-state index is 12.5. The van der Waals surface area contributed by atoms with Crippen LogP contribution in [-0.2, 0) is 4.79 Å². The molecular formula is C14H26N2O3S. The molecule has 0 aromatic carbocycles. The Kier molecular flexibility index (Phi) is 6.65. The highest BCUT2D eigenvalue weighted by Gasteiger charge is 2.37. The van der Waals surface area contributed by atoms with E-state index in [1.54, 1.807) is 23.7 Å². The molecule has 6 heteroatoms. The number of hydrogen-bond acceptors (Lipinski definition) is 3. The first-order chi connectivity index (χ1) is 9.42. The molecule has 1 heterocycles. The van der Waals surface area contributed by atoms with Crippen molar-refractivity contribution < 1.29 is 14.7 Å². The minimum Gasteiger partial charge on any atom is -0.480 e. The van der Waals surface area contributed by atoms with E-state index in [0.717, 1.165) is 18.6 Å². The van der Waals surface area contributed by atoms with Crippen molar-refractivity contribution in [3.63, 3.8) is 0 Å². The quantitative estimate of drug-likeness (QED) is 0.847. The molecule has 20 heavy (non-hydrogen) atoms. The number of amides is 2. The fraction of sp³-hybridized carbons (Fsp3) is 0.857. The zero-order valence-electron chi connectivity index (χ0n) is 12.8. The van der Waals surface area contributed by atoms with Crippen molar-refractivity contribution in [2.75, 3.05) is 25.6 Å². The summed E-state index contributed by atoms with van der Waals surface area (Å²) < 4.78 is 0. The zero-order chi connectivity index (χ0) is 15.3. The SMILES string of the molecule is CCC1CCN(C(=O)N(C)C(C)CSC)C(C(=O)O)C1. The molecular weight excluding hydrogens is 276 g/mol. The summed E-state index contributed by atoms with van der Waals surface area (Å²) in [5.74, 6) is 0.377. The van der Waals surface area contributed by atoms with Gasteiger partial charge >= 0.3 is 12.0 Å². The predicted molar refractivity (Wildman–Crippen MR) is 82.1 cm³/mol. The molecule has 3 atom stereocenters. The number of carbonyl (C=O) groups excluding carboxylic acids is 1. The van der Waals surface area contributed by atoms with Crippen LogP contribution >= 0.6 is 11.8 Å². The van der Waals surface area contributed by atoms with Gasteiger partial charge in [-0.2, -0.15) is 11.8 Å². The number of carbonyl (C=O) groups is 2. The van der Waals surface area contributed by atoms with Crippen LogP contribution in [-0.4, -0.2) is 64.6 Å². The Hall–Kier alpha value is -0.910. The maximum Gasteiger partial charge on any atom is 0.326 e. The molecule has 3 unspecified atom stereocenters. The highest BCUT2D eigenvalue weighted by molar-refractivity contribution is 7.98. The van der Waals surface area contributed by atoms with Crippen molar-refractivity contribution in [1.29, 1.82) is 0 Å². The van der Waals surface area contributed by atoms with Crippen LogP contribution in [0.15, 0.2) is 0 Å². The van der Waals surface area contributed by atoms with E-state index >= 15 is 0 Å². The largest absolute Gasteiger partial charge is 0.480 e. The summed E-state index contributed by atoms with van der Waals surface area (Å²) in [6, 6.07) is -0.727. The van der Waals surface area contributed by atoms with Gasteiger partial charge in [0, 0.05) is 25.4 Å². The Morgan fingerprint density at radius 1 is 1.50 bits per heavy atom. The fourth-order valence-corrected chi connectivity index (χ4v) is 3.32. The second-order valence-electron chi connectivity index (χ2n) is 5.54. The average molecular weight is 302 g/mol. The van der Waals surface area contributed by atoms with Crippen LogP contribution in [0.1, 0.15) is 33.1 Å². The third-order valence-electron chi connectivity index (χ3n) is 4.19. The molecule has 1 aliphatic rings. The summed E-state index contributed by atoms with van der Waals surface area (Å²) in [6.45, 7) is 4.61. The Morgan fingerprint density at radius 3 is 2.65 bits per heavy atom. The lowest BCUT2D eigenvalue weighted by Crippen LogP contribution is -2.55. The number of hydrogen-bond donors (Lipinski definition) is 1. The number of urea groups is 1. The molecule has 0 aromatic heterocycles. The average Bonchev–Trinajstić information content (AvgIpc) is 2.45. The van der Waals surface area contributed by atoms with Gasteiger partial charge in [0.25, 0.3) is 0 Å². The first-order valence-corrected chi connectivity index (χ1v) is 8.56. The van der Waals surface area contributed by atoms with Gasteiger partial charge in [0.15, 0.2) is 0 Å². The van der Waals surface area contributed by atoms with E-state index in [0.29, 0.717) is 18.9 Å². The smallest absolute Gasteiger partial charge is 0.326 e. The lowest BCUT2D eigenvalue weighted by molar-refractivity contribution is -0.144. The molecule has 1 aliphatic heterocycles. The van der Waals surface area contributed by atoms with E-state index in [9.17, 15) is 14.7 Å². The van der Waals surface area contributed by atoms with Crippen molar-refractivity contribution in [1.82, 2.24) is 9.80 Å². The van der Waals surface area contributed by atoms with Crippen molar-refractivity contribution >= 4 is 23.8 Å². The van der Waals surface area contributed by atoms with Crippen LogP contribution < -0.4 is 0 Å². The molecule has 0 spiro atoms. The molecule has 0 saturated carbocycles. The standard InChI is InChI=1S/C14H26N2O3S/c1-5-11-6-7-16(12(8-11)13(17)18)14(19)15(3)10(2)9-20-4/h10-12H,5-9H2,1-4H3,(H,17,18). The summed E-state index contributed by atoms with van der Waals surface area (Å²) in [4.78, 5) is 27.1. The molecule has 2 amide bonds. The van der Waals surface area contributed by atoms with Crippen LogP contribution in [0.25, 0.3) is 0 Å². The number of nitrogens with zero attached hydrogens (tertiary/aromatic N) is 2. The predicted octanol–water partition coefficient (Wildman–Crippen LogP) is 2.36. The summed E-state index contributed by atoms with van der Waals surface area (Å²) in [5.41, 5.74) is 0. The highest BCUT2D eigenvalue weighted by atomic mass is 32.2. The first kappa shape index (κ1) is 17.1. The number of thioether (sulfide) groups is 1. The van der Waals surface area contributed by atoms with E-state index in [-0.39, 0.29) is 12.1 Å². The molecule has 1 fully saturated rings. The van der Waals surface area contributed by atoms with Crippen LogP contribution in [0.2, 0.25) is 0 Å². The summed E-state index contributed by atoms with van der Waals surface area (Å²) >= 11 is 1.68. The topological polar surface area (TPSA) is 60.9 Å². The second kappa shape index (κ2) is 7.76. The summed E-state index contributed by atoms with van der Waals surface area (Å²) in [6.07, 6.45) is 4.45. The van der Waals surface area contributed by atoms with E-state index in [4.69, 9.17) is 0 Å². The maximum atomic E-state index is 12.5. The van der Waals surface area contributed by atoms with Gasteiger partial charge in [-0.3, -0.25) is 0 Å².